The fourth-order valence-corrected chi connectivity index (χ4v) is 2.28. The Balaban J connectivity index is 1.82. The molecule has 0 saturated carbocycles. The highest BCUT2D eigenvalue weighted by atomic mass is 19.1. The van der Waals surface area contributed by atoms with Gasteiger partial charge in [-0.25, -0.2) is 4.39 Å². The maximum atomic E-state index is 13.9. The topological polar surface area (TPSA) is 70.9 Å². The molecule has 1 atom stereocenters. The second-order valence-electron chi connectivity index (χ2n) is 4.79. The minimum atomic E-state index is -0.598. The number of nitrogens with zero attached hydrogens (tertiary/aromatic N) is 2. The van der Waals surface area contributed by atoms with Gasteiger partial charge in [0.05, 0.1) is 11.6 Å². The summed E-state index contributed by atoms with van der Waals surface area (Å²) in [5.74, 6) is -0.242. The first-order valence-electron chi connectivity index (χ1n) is 6.73. The minimum absolute atomic E-state index is 0.0312. The Hall–Kier alpha value is -2.39. The van der Waals surface area contributed by atoms with Gasteiger partial charge in [0.2, 0.25) is 0 Å². The van der Waals surface area contributed by atoms with Crippen molar-refractivity contribution < 1.29 is 13.9 Å². The van der Waals surface area contributed by atoms with Crippen molar-refractivity contribution in [3.8, 4) is 17.6 Å². The molecule has 1 aromatic carbocycles. The normalized spacial score (nSPS) is 18.2. The van der Waals surface area contributed by atoms with Gasteiger partial charge in [0.1, 0.15) is 11.8 Å². The molecular formula is C15H13FN3O2. The molecule has 5 nitrogen and oxygen atoms in total. The van der Waals surface area contributed by atoms with Crippen LogP contribution >= 0.6 is 0 Å². The minimum Gasteiger partial charge on any atom is -0.450 e. The van der Waals surface area contributed by atoms with Gasteiger partial charge in [-0.1, -0.05) is 0 Å². The van der Waals surface area contributed by atoms with Crippen LogP contribution in [0.25, 0.3) is 0 Å². The number of hydrogen-bond acceptors (Lipinski definition) is 4. The lowest BCUT2D eigenvalue weighted by atomic mass is 10.1. The van der Waals surface area contributed by atoms with Crippen LogP contribution in [-0.4, -0.2) is 16.8 Å². The van der Waals surface area contributed by atoms with Crippen LogP contribution in [0.5, 0.6) is 11.5 Å². The highest BCUT2D eigenvalue weighted by Gasteiger charge is 2.23. The Bertz CT molecular complexity index is 672. The molecule has 21 heavy (non-hydrogen) atoms. The number of halogens is 1. The summed E-state index contributed by atoms with van der Waals surface area (Å²) in [5, 5.41) is 15.4. The quantitative estimate of drug-likeness (QED) is 0.940. The molecule has 1 fully saturated rings. The van der Waals surface area contributed by atoms with E-state index in [4.69, 9.17) is 14.7 Å². The van der Waals surface area contributed by atoms with Gasteiger partial charge in [0.15, 0.2) is 23.5 Å². The maximum absolute atomic E-state index is 13.9. The van der Waals surface area contributed by atoms with Gasteiger partial charge in [-0.3, -0.25) is 5.10 Å². The van der Waals surface area contributed by atoms with E-state index >= 15 is 0 Å². The summed E-state index contributed by atoms with van der Waals surface area (Å²) < 4.78 is 25.0. The molecule has 1 unspecified atom stereocenters. The Morgan fingerprint density at radius 3 is 3.10 bits per heavy atom. The Labute approximate surface area is 121 Å². The summed E-state index contributed by atoms with van der Waals surface area (Å²) in [4.78, 5) is 0. The highest BCUT2D eigenvalue weighted by Crippen LogP contribution is 2.34. The van der Waals surface area contributed by atoms with Crippen molar-refractivity contribution in [3.05, 3.63) is 41.5 Å². The molecule has 2 heterocycles. The van der Waals surface area contributed by atoms with Crippen LogP contribution in [-0.2, 0) is 4.74 Å². The Morgan fingerprint density at radius 2 is 2.38 bits per heavy atom. The van der Waals surface area contributed by atoms with Crippen LogP contribution < -0.4 is 4.74 Å². The van der Waals surface area contributed by atoms with Crippen LogP contribution in [0, 0.1) is 23.3 Å². The molecule has 1 saturated heterocycles. The molecule has 0 amide bonds. The molecule has 0 aliphatic carbocycles. The third-order valence-corrected chi connectivity index (χ3v) is 3.35. The van der Waals surface area contributed by atoms with Crippen LogP contribution in [0.2, 0.25) is 0 Å². The molecule has 1 aromatic heterocycles. The van der Waals surface area contributed by atoms with Crippen molar-refractivity contribution in [2.75, 3.05) is 6.61 Å². The number of hydrogen-bond donors (Lipinski definition) is 1. The van der Waals surface area contributed by atoms with Gasteiger partial charge in [0.25, 0.3) is 0 Å². The molecule has 1 N–H and O–H groups in total. The first-order chi connectivity index (χ1) is 10.3. The van der Waals surface area contributed by atoms with E-state index in [0.717, 1.165) is 25.3 Å². The van der Waals surface area contributed by atoms with Gasteiger partial charge in [0, 0.05) is 6.61 Å². The first kappa shape index (κ1) is 13.6. The summed E-state index contributed by atoms with van der Waals surface area (Å²) in [6.45, 7) is 0.689. The Kier molecular flexibility index (Phi) is 3.84. The molecule has 2 aromatic rings. The van der Waals surface area contributed by atoms with Crippen molar-refractivity contribution >= 4 is 0 Å². The summed E-state index contributed by atoms with van der Waals surface area (Å²) in [6.07, 6.45) is 5.50. The summed E-state index contributed by atoms with van der Waals surface area (Å²) in [5.41, 5.74) is 0.908. The number of benzene rings is 1. The fourth-order valence-electron chi connectivity index (χ4n) is 2.28. The zero-order valence-electron chi connectivity index (χ0n) is 11.2. The molecule has 1 aliphatic heterocycles. The van der Waals surface area contributed by atoms with Crippen LogP contribution in [0.4, 0.5) is 4.39 Å². The van der Waals surface area contributed by atoms with E-state index < -0.39 is 5.82 Å². The monoisotopic (exact) mass is 286 g/mol. The molecule has 3 rings (SSSR count). The molecule has 1 aliphatic rings. The SMILES string of the molecule is N#Cc1ccc(Oc2[c]n[nH]c2C2CCCCO2)c(F)c1. The number of ether oxygens (including phenoxy) is 2. The van der Waals surface area contributed by atoms with Gasteiger partial charge in [-0.05, 0) is 37.5 Å². The lowest BCUT2D eigenvalue weighted by Crippen LogP contribution is -2.12. The maximum Gasteiger partial charge on any atom is 0.180 e. The number of rotatable bonds is 3. The second-order valence-corrected chi connectivity index (χ2v) is 4.79. The van der Waals surface area contributed by atoms with E-state index in [2.05, 4.69) is 16.4 Å². The first-order valence-corrected chi connectivity index (χ1v) is 6.73. The van der Waals surface area contributed by atoms with Crippen LogP contribution in [0.15, 0.2) is 18.2 Å². The van der Waals surface area contributed by atoms with E-state index in [1.807, 2.05) is 6.07 Å². The smallest absolute Gasteiger partial charge is 0.180 e. The number of aromatic nitrogens is 2. The molecule has 1 radical (unpaired) electrons. The standard InChI is InChI=1S/C15H13FN3O2/c16-11-7-10(8-17)4-5-12(11)21-14-9-18-19-15(14)13-3-1-2-6-20-13/h4-5,7,13H,1-3,6H2,(H,18,19). The molecule has 6 heteroatoms. The zero-order valence-corrected chi connectivity index (χ0v) is 11.2. The third kappa shape index (κ3) is 2.88. The van der Waals surface area contributed by atoms with E-state index in [1.165, 1.54) is 12.1 Å². The number of nitrogens with one attached hydrogen (secondary N) is 1. The molecule has 107 valence electrons. The largest absolute Gasteiger partial charge is 0.450 e. The predicted octanol–water partition coefficient (Wildman–Crippen LogP) is 3.25. The van der Waals surface area contributed by atoms with Crippen molar-refractivity contribution in [1.82, 2.24) is 10.2 Å². The average molecular weight is 286 g/mol. The van der Waals surface area contributed by atoms with E-state index in [0.29, 0.717) is 18.1 Å². The second kappa shape index (κ2) is 5.94. The lowest BCUT2D eigenvalue weighted by Gasteiger charge is -2.22. The molecular weight excluding hydrogens is 273 g/mol. The average Bonchev–Trinajstić information content (AvgIpc) is 2.98. The van der Waals surface area contributed by atoms with E-state index in [1.54, 1.807) is 0 Å². The van der Waals surface area contributed by atoms with Crippen LogP contribution in [0.1, 0.15) is 36.6 Å². The van der Waals surface area contributed by atoms with Gasteiger partial charge in [-0.2, -0.15) is 10.4 Å². The number of aromatic amines is 1. The van der Waals surface area contributed by atoms with Gasteiger partial charge in [-0.15, -0.1) is 0 Å². The fraction of sp³-hybridized carbons (Fsp3) is 0.333. The van der Waals surface area contributed by atoms with Crippen LogP contribution in [0.3, 0.4) is 0 Å². The van der Waals surface area contributed by atoms with Crippen molar-refractivity contribution in [2.24, 2.45) is 0 Å². The molecule has 0 spiro atoms. The predicted molar refractivity (Wildman–Crippen MR) is 71.2 cm³/mol. The number of H-pyrrole nitrogens is 1. The summed E-state index contributed by atoms with van der Waals surface area (Å²) in [7, 11) is 0. The van der Waals surface area contributed by atoms with Crippen molar-refractivity contribution in [3.63, 3.8) is 0 Å². The highest BCUT2D eigenvalue weighted by molar-refractivity contribution is 5.39. The summed E-state index contributed by atoms with van der Waals surface area (Å²) in [6, 6.07) is 5.92. The van der Waals surface area contributed by atoms with E-state index in [-0.39, 0.29) is 17.4 Å². The van der Waals surface area contributed by atoms with E-state index in [9.17, 15) is 4.39 Å². The van der Waals surface area contributed by atoms with Crippen molar-refractivity contribution in [1.29, 1.82) is 5.26 Å². The van der Waals surface area contributed by atoms with Gasteiger partial charge < -0.3 is 9.47 Å². The van der Waals surface area contributed by atoms with Crippen molar-refractivity contribution in [2.45, 2.75) is 25.4 Å². The van der Waals surface area contributed by atoms with Gasteiger partial charge >= 0.3 is 0 Å². The third-order valence-electron chi connectivity index (χ3n) is 3.35. The molecule has 0 bridgehead atoms. The zero-order chi connectivity index (χ0) is 14.7. The Morgan fingerprint density at radius 1 is 1.48 bits per heavy atom. The lowest BCUT2D eigenvalue weighted by molar-refractivity contribution is 0.0112. The number of nitriles is 1. The summed E-state index contributed by atoms with van der Waals surface area (Å²) >= 11 is 0.